The van der Waals surface area contributed by atoms with Gasteiger partial charge in [-0.1, -0.05) is 153 Å². The summed E-state index contributed by atoms with van der Waals surface area (Å²) < 4.78 is 5.61. The quantitative estimate of drug-likeness (QED) is 0.0864. The topological polar surface area (TPSA) is 15.3 Å². The summed E-state index contributed by atoms with van der Waals surface area (Å²) in [6.07, 6.45) is 31.8. The average Bonchev–Trinajstić information content (AvgIpc) is 3.82. The number of thiophene rings is 2. The molecule has 250 valence electrons. The van der Waals surface area contributed by atoms with Crippen LogP contribution in [-0.2, 0) is 12.8 Å². The molecule has 0 aromatic carbocycles. The number of unbranched alkanes of at least 4 members (excludes halogenated alkanes) is 18. The molecule has 0 bridgehead atoms. The number of nitrogens with one attached hydrogen (secondary N) is 1. The lowest BCUT2D eigenvalue weighted by molar-refractivity contribution is 0.556. The van der Waals surface area contributed by atoms with Crippen LogP contribution in [0, 0.1) is 0 Å². The van der Waals surface area contributed by atoms with E-state index in [2.05, 4.69) is 52.0 Å². The van der Waals surface area contributed by atoms with Crippen LogP contribution >= 0.6 is 58.0 Å². The molecule has 0 radical (unpaired) electrons. The Kier molecular flexibility index (Phi) is 17.4. The van der Waals surface area contributed by atoms with Gasteiger partial charge in [0.15, 0.2) is 0 Å². The van der Waals surface area contributed by atoms with Crippen molar-refractivity contribution < 1.29 is 0 Å². The normalized spacial score (nSPS) is 14.8. The zero-order valence-corrected chi connectivity index (χ0v) is 31.8. The smallest absolute Gasteiger partial charge is 0.0916 e. The van der Waals surface area contributed by atoms with Crippen molar-refractivity contribution in [3.8, 4) is 0 Å². The summed E-state index contributed by atoms with van der Waals surface area (Å²) in [5.74, 6) is 0. The molecule has 2 aliphatic rings. The number of aryl methyl sites for hydroxylation is 2. The fourth-order valence-corrected chi connectivity index (χ4v) is 9.92. The summed E-state index contributed by atoms with van der Waals surface area (Å²) in [5, 5.41) is 5.93. The first-order valence-corrected chi connectivity index (χ1v) is 21.3. The third kappa shape index (κ3) is 11.7. The number of hydrogen-bond donors (Lipinski definition) is 1. The first-order valence-electron chi connectivity index (χ1n) is 18.0. The number of hydrogen-bond acceptors (Lipinski definition) is 5. The Morgan fingerprint density at radius 1 is 0.578 bits per heavy atom. The van der Waals surface area contributed by atoms with E-state index < -0.39 is 0 Å². The molecule has 2 aromatic rings. The van der Waals surface area contributed by atoms with Crippen molar-refractivity contribution in [1.29, 1.82) is 0 Å². The van der Waals surface area contributed by atoms with Gasteiger partial charge in [0.1, 0.15) is 0 Å². The molecule has 2 aliphatic heterocycles. The SMILES string of the molecule is CCCCCCCCCCCCc1csc(C2=C(Cl)C(Cl)=C(c3cc(CCCCCCCCCCCC)cs3)N3SNC=C23)c1. The fraction of sp³-hybridized carbons (Fsp3) is 0.632. The van der Waals surface area contributed by atoms with Crippen LogP contribution in [0.25, 0.3) is 11.3 Å². The molecular formula is C38H56Cl2N2S3. The molecule has 45 heavy (non-hydrogen) atoms. The Labute approximate surface area is 297 Å². The molecule has 0 spiro atoms. The van der Waals surface area contributed by atoms with Crippen LogP contribution in [0.1, 0.15) is 163 Å². The van der Waals surface area contributed by atoms with Crippen molar-refractivity contribution in [2.45, 2.75) is 155 Å². The van der Waals surface area contributed by atoms with Crippen LogP contribution in [0.2, 0.25) is 0 Å². The number of nitrogens with zero attached hydrogens (tertiary/aromatic N) is 1. The molecule has 0 unspecified atom stereocenters. The predicted molar refractivity (Wildman–Crippen MR) is 206 cm³/mol. The molecule has 0 amide bonds. The molecule has 4 heterocycles. The highest BCUT2D eigenvalue weighted by Gasteiger charge is 2.36. The minimum absolute atomic E-state index is 0.650. The van der Waals surface area contributed by atoms with Gasteiger partial charge in [-0.25, -0.2) is 0 Å². The molecule has 2 nitrogen and oxygen atoms in total. The van der Waals surface area contributed by atoms with Gasteiger partial charge >= 0.3 is 0 Å². The van der Waals surface area contributed by atoms with Crippen molar-refractivity contribution in [2.24, 2.45) is 0 Å². The highest BCUT2D eigenvalue weighted by molar-refractivity contribution is 7.95. The molecule has 0 saturated heterocycles. The first kappa shape index (κ1) is 37.0. The van der Waals surface area contributed by atoms with Crippen LogP contribution in [0.3, 0.4) is 0 Å². The van der Waals surface area contributed by atoms with Gasteiger partial charge in [0, 0.05) is 16.7 Å². The highest BCUT2D eigenvalue weighted by atomic mass is 35.5. The number of allylic oxidation sites excluding steroid dienone is 3. The van der Waals surface area contributed by atoms with Crippen LogP contribution in [0.4, 0.5) is 0 Å². The third-order valence-corrected chi connectivity index (χ3v) is 12.7. The van der Waals surface area contributed by atoms with E-state index >= 15 is 0 Å². The van der Waals surface area contributed by atoms with Crippen LogP contribution in [0.5, 0.6) is 0 Å². The van der Waals surface area contributed by atoms with Gasteiger partial charge in [-0.05, 0) is 59.7 Å². The van der Waals surface area contributed by atoms with E-state index in [1.807, 2.05) is 0 Å². The second-order valence-electron chi connectivity index (χ2n) is 12.9. The van der Waals surface area contributed by atoms with E-state index in [1.165, 1.54) is 149 Å². The molecular weight excluding hydrogens is 652 g/mol. The standard InChI is InChI=1S/C38H56Cl2N2S3/c1-3-5-7-9-11-13-15-17-19-21-23-30-25-33(43-28-30)35-32-27-41-45-42(32)38(37(40)36(35)39)34-26-31(29-44-34)24-22-20-18-16-14-12-10-8-6-4-2/h25-29,41H,3-24H2,1-2H3. The largest absolute Gasteiger partial charge is 0.316 e. The Balaban J connectivity index is 1.26. The molecule has 0 aliphatic carbocycles. The van der Waals surface area contributed by atoms with Crippen LogP contribution in [0.15, 0.2) is 44.9 Å². The van der Waals surface area contributed by atoms with E-state index in [1.54, 1.807) is 34.8 Å². The first-order chi connectivity index (χ1) is 22.1. The van der Waals surface area contributed by atoms with E-state index in [-0.39, 0.29) is 0 Å². The third-order valence-electron chi connectivity index (χ3n) is 9.06. The van der Waals surface area contributed by atoms with E-state index in [0.29, 0.717) is 10.1 Å². The Hall–Kier alpha value is -0.850. The maximum atomic E-state index is 7.09. The van der Waals surface area contributed by atoms with E-state index in [4.69, 9.17) is 23.2 Å². The second kappa shape index (κ2) is 21.2. The zero-order chi connectivity index (χ0) is 31.7. The van der Waals surface area contributed by atoms with Crippen molar-refractivity contribution in [2.75, 3.05) is 0 Å². The molecule has 4 rings (SSSR count). The molecule has 1 N–H and O–H groups in total. The van der Waals surface area contributed by atoms with Gasteiger partial charge in [0.05, 0.1) is 38.5 Å². The summed E-state index contributed by atoms with van der Waals surface area (Å²) in [4.78, 5) is 2.39. The Bertz CT molecular complexity index is 1240. The maximum Gasteiger partial charge on any atom is 0.0916 e. The van der Waals surface area contributed by atoms with E-state index in [9.17, 15) is 0 Å². The number of halogens is 2. The molecule has 0 atom stereocenters. The number of fused-ring (bicyclic) bond motifs is 1. The number of rotatable bonds is 24. The predicted octanol–water partition coefficient (Wildman–Crippen LogP) is 14.6. The molecule has 0 saturated carbocycles. The monoisotopic (exact) mass is 706 g/mol. The summed E-state index contributed by atoms with van der Waals surface area (Å²) in [7, 11) is 0. The van der Waals surface area contributed by atoms with Gasteiger partial charge in [-0.2, -0.15) is 0 Å². The second-order valence-corrected chi connectivity index (χ2v) is 16.2. The maximum absolute atomic E-state index is 7.09. The minimum atomic E-state index is 0.650. The van der Waals surface area contributed by atoms with Crippen molar-refractivity contribution in [3.05, 3.63) is 65.7 Å². The fourth-order valence-electron chi connectivity index (χ4n) is 6.34. The lowest BCUT2D eigenvalue weighted by Crippen LogP contribution is -2.17. The minimum Gasteiger partial charge on any atom is -0.316 e. The van der Waals surface area contributed by atoms with Gasteiger partial charge < -0.3 is 4.72 Å². The van der Waals surface area contributed by atoms with E-state index in [0.717, 1.165) is 29.8 Å². The highest BCUT2D eigenvalue weighted by Crippen LogP contribution is 2.52. The summed E-state index contributed by atoms with van der Waals surface area (Å²) in [5.41, 5.74) is 5.98. The van der Waals surface area contributed by atoms with Gasteiger partial charge in [0.25, 0.3) is 0 Å². The molecule has 2 aromatic heterocycles. The Morgan fingerprint density at radius 3 is 1.53 bits per heavy atom. The summed E-state index contributed by atoms with van der Waals surface area (Å²) in [6.45, 7) is 4.58. The van der Waals surface area contributed by atoms with Crippen LogP contribution < -0.4 is 4.72 Å². The van der Waals surface area contributed by atoms with Crippen molar-refractivity contribution in [1.82, 2.24) is 9.03 Å². The zero-order valence-electron chi connectivity index (χ0n) is 27.9. The summed E-state index contributed by atoms with van der Waals surface area (Å²) in [6, 6.07) is 4.67. The van der Waals surface area contributed by atoms with Crippen molar-refractivity contribution in [3.63, 3.8) is 0 Å². The average molecular weight is 708 g/mol. The summed E-state index contributed by atoms with van der Waals surface area (Å²) >= 11 is 19.3. The van der Waals surface area contributed by atoms with Crippen LogP contribution in [-0.4, -0.2) is 4.31 Å². The van der Waals surface area contributed by atoms with Gasteiger partial charge in [-0.3, -0.25) is 4.31 Å². The molecule has 7 heteroatoms. The molecule has 0 fully saturated rings. The van der Waals surface area contributed by atoms with Gasteiger partial charge in [0.2, 0.25) is 0 Å². The van der Waals surface area contributed by atoms with Crippen molar-refractivity contribution >= 4 is 69.3 Å². The lowest BCUT2D eigenvalue weighted by atomic mass is 10.0. The van der Waals surface area contributed by atoms with Gasteiger partial charge in [-0.15, -0.1) is 22.7 Å². The lowest BCUT2D eigenvalue weighted by Gasteiger charge is -2.29. The Morgan fingerprint density at radius 2 is 1.02 bits per heavy atom.